The lowest BCUT2D eigenvalue weighted by Crippen LogP contribution is -2.38. The van der Waals surface area contributed by atoms with Gasteiger partial charge in [-0.15, -0.1) is 0 Å². The van der Waals surface area contributed by atoms with E-state index in [1.165, 1.54) is 0 Å². The van der Waals surface area contributed by atoms with Crippen molar-refractivity contribution in [3.05, 3.63) is 65.2 Å². The standard InChI is InChI=1S/C23H23ClN2O3/c1-14(2)15(3)25-22(27)13-29-23(28)19-12-21(16-8-10-17(24)11-9-16)26-20-7-5-4-6-18(19)20/h4-12,14-15H,13H2,1-3H3,(H,25,27)/t15-/m0/s1. The molecule has 0 saturated carbocycles. The first-order chi connectivity index (χ1) is 13.8. The molecule has 2 aromatic carbocycles. The molecule has 1 aromatic heterocycles. The van der Waals surface area contributed by atoms with Gasteiger partial charge in [0.15, 0.2) is 6.61 Å². The number of nitrogens with zero attached hydrogens (tertiary/aromatic N) is 1. The van der Waals surface area contributed by atoms with Crippen LogP contribution < -0.4 is 5.32 Å². The van der Waals surface area contributed by atoms with Gasteiger partial charge < -0.3 is 10.1 Å². The summed E-state index contributed by atoms with van der Waals surface area (Å²) in [6.07, 6.45) is 0. The molecule has 0 fully saturated rings. The molecular weight excluding hydrogens is 388 g/mol. The molecule has 0 saturated heterocycles. The van der Waals surface area contributed by atoms with Crippen LogP contribution in [0.5, 0.6) is 0 Å². The molecule has 1 N–H and O–H groups in total. The lowest BCUT2D eigenvalue weighted by atomic mass is 10.0. The van der Waals surface area contributed by atoms with Crippen LogP contribution >= 0.6 is 11.6 Å². The monoisotopic (exact) mass is 410 g/mol. The first-order valence-electron chi connectivity index (χ1n) is 9.47. The number of hydrogen-bond donors (Lipinski definition) is 1. The number of hydrogen-bond acceptors (Lipinski definition) is 4. The SMILES string of the molecule is CC(C)[C@H](C)NC(=O)COC(=O)c1cc(-c2ccc(Cl)cc2)nc2ccccc12. The Morgan fingerprint density at radius 2 is 1.76 bits per heavy atom. The van der Waals surface area contributed by atoms with Gasteiger partial charge in [0.25, 0.3) is 5.91 Å². The van der Waals surface area contributed by atoms with Gasteiger partial charge in [-0.25, -0.2) is 9.78 Å². The molecule has 6 heteroatoms. The van der Waals surface area contributed by atoms with Crippen LogP contribution in [0.15, 0.2) is 54.6 Å². The Hall–Kier alpha value is -2.92. The number of amides is 1. The van der Waals surface area contributed by atoms with Gasteiger partial charge in [-0.3, -0.25) is 4.79 Å². The largest absolute Gasteiger partial charge is 0.452 e. The number of ether oxygens (including phenoxy) is 1. The molecule has 0 unspecified atom stereocenters. The summed E-state index contributed by atoms with van der Waals surface area (Å²) in [6, 6.07) is 16.2. The third-order valence-corrected chi connectivity index (χ3v) is 5.05. The first-order valence-corrected chi connectivity index (χ1v) is 9.85. The van der Waals surface area contributed by atoms with Crippen molar-refractivity contribution >= 4 is 34.4 Å². The summed E-state index contributed by atoms with van der Waals surface area (Å²) in [4.78, 5) is 29.5. The zero-order valence-electron chi connectivity index (χ0n) is 16.6. The Labute approximate surface area is 175 Å². The van der Waals surface area contributed by atoms with E-state index in [-0.39, 0.29) is 18.6 Å². The second kappa shape index (κ2) is 9.05. The fourth-order valence-electron chi connectivity index (χ4n) is 2.78. The van der Waals surface area contributed by atoms with E-state index >= 15 is 0 Å². The van der Waals surface area contributed by atoms with Crippen LogP contribution in [-0.4, -0.2) is 29.5 Å². The number of benzene rings is 2. The molecule has 29 heavy (non-hydrogen) atoms. The van der Waals surface area contributed by atoms with Crippen molar-refractivity contribution in [2.45, 2.75) is 26.8 Å². The lowest BCUT2D eigenvalue weighted by molar-refractivity contribution is -0.125. The number of carbonyl (C=O) groups excluding carboxylic acids is 2. The Kier molecular flexibility index (Phi) is 6.49. The number of fused-ring (bicyclic) bond motifs is 1. The number of esters is 1. The fourth-order valence-corrected chi connectivity index (χ4v) is 2.91. The van der Waals surface area contributed by atoms with Crippen LogP contribution in [0.2, 0.25) is 5.02 Å². The van der Waals surface area contributed by atoms with Crippen LogP contribution in [0.4, 0.5) is 0 Å². The average Bonchev–Trinajstić information content (AvgIpc) is 2.71. The van der Waals surface area contributed by atoms with Crippen LogP contribution in [0.3, 0.4) is 0 Å². The van der Waals surface area contributed by atoms with Gasteiger partial charge in [-0.05, 0) is 37.1 Å². The minimum absolute atomic E-state index is 0.000496. The van der Waals surface area contributed by atoms with E-state index in [1.54, 1.807) is 18.2 Å². The topological polar surface area (TPSA) is 68.3 Å². The molecule has 0 aliphatic carbocycles. The van der Waals surface area contributed by atoms with Crippen molar-refractivity contribution in [1.82, 2.24) is 10.3 Å². The summed E-state index contributed by atoms with van der Waals surface area (Å²) in [5.74, 6) is -0.595. The normalized spacial score (nSPS) is 12.0. The van der Waals surface area contributed by atoms with E-state index in [2.05, 4.69) is 10.3 Å². The lowest BCUT2D eigenvalue weighted by Gasteiger charge is -2.17. The maximum atomic E-state index is 12.8. The number of nitrogens with one attached hydrogen (secondary N) is 1. The highest BCUT2D eigenvalue weighted by Gasteiger charge is 2.17. The quantitative estimate of drug-likeness (QED) is 0.588. The van der Waals surface area contributed by atoms with Gasteiger partial charge >= 0.3 is 5.97 Å². The fraction of sp³-hybridized carbons (Fsp3) is 0.261. The van der Waals surface area contributed by atoms with Crippen molar-refractivity contribution in [2.24, 2.45) is 5.92 Å². The molecule has 0 aliphatic heterocycles. The average molecular weight is 411 g/mol. The molecule has 1 amide bonds. The highest BCUT2D eigenvalue weighted by Crippen LogP contribution is 2.26. The number of carbonyl (C=O) groups is 2. The summed E-state index contributed by atoms with van der Waals surface area (Å²) >= 11 is 5.97. The maximum Gasteiger partial charge on any atom is 0.339 e. The number of pyridine rings is 1. The zero-order chi connectivity index (χ0) is 21.0. The summed E-state index contributed by atoms with van der Waals surface area (Å²) in [6.45, 7) is 5.61. The van der Waals surface area contributed by atoms with Crippen LogP contribution in [-0.2, 0) is 9.53 Å². The van der Waals surface area contributed by atoms with Gasteiger partial charge in [0.05, 0.1) is 16.8 Å². The highest BCUT2D eigenvalue weighted by molar-refractivity contribution is 6.30. The molecule has 0 spiro atoms. The number of para-hydroxylation sites is 1. The third-order valence-electron chi connectivity index (χ3n) is 4.80. The molecule has 1 heterocycles. The summed E-state index contributed by atoms with van der Waals surface area (Å²) in [5.41, 5.74) is 2.50. The van der Waals surface area contributed by atoms with Crippen molar-refractivity contribution in [1.29, 1.82) is 0 Å². The second-order valence-corrected chi connectivity index (χ2v) is 7.69. The first kappa shape index (κ1) is 20.8. The van der Waals surface area contributed by atoms with E-state index in [9.17, 15) is 9.59 Å². The molecular formula is C23H23ClN2O3. The predicted octanol–water partition coefficient (Wildman–Crippen LogP) is 4.87. The zero-order valence-corrected chi connectivity index (χ0v) is 17.4. The minimum atomic E-state index is -0.564. The Bertz CT molecular complexity index is 1030. The van der Waals surface area contributed by atoms with E-state index < -0.39 is 5.97 Å². The second-order valence-electron chi connectivity index (χ2n) is 7.26. The number of rotatable bonds is 6. The molecule has 0 aliphatic rings. The summed E-state index contributed by atoms with van der Waals surface area (Å²) in [7, 11) is 0. The van der Waals surface area contributed by atoms with Crippen LogP contribution in [0.1, 0.15) is 31.1 Å². The summed E-state index contributed by atoms with van der Waals surface area (Å²) < 4.78 is 5.29. The highest BCUT2D eigenvalue weighted by atomic mass is 35.5. The van der Waals surface area contributed by atoms with E-state index in [0.29, 0.717) is 33.1 Å². The van der Waals surface area contributed by atoms with Crippen molar-refractivity contribution in [3.8, 4) is 11.3 Å². The molecule has 0 radical (unpaired) electrons. The Balaban J connectivity index is 1.86. The van der Waals surface area contributed by atoms with E-state index in [0.717, 1.165) is 5.56 Å². The number of aromatic nitrogens is 1. The van der Waals surface area contributed by atoms with Crippen molar-refractivity contribution in [3.63, 3.8) is 0 Å². The predicted molar refractivity (Wildman–Crippen MR) is 115 cm³/mol. The Morgan fingerprint density at radius 3 is 2.45 bits per heavy atom. The van der Waals surface area contributed by atoms with E-state index in [1.807, 2.05) is 57.2 Å². The van der Waals surface area contributed by atoms with Crippen LogP contribution in [0, 0.1) is 5.92 Å². The smallest absolute Gasteiger partial charge is 0.339 e. The van der Waals surface area contributed by atoms with Gasteiger partial charge in [-0.1, -0.05) is 55.8 Å². The molecule has 3 aromatic rings. The molecule has 1 atom stereocenters. The van der Waals surface area contributed by atoms with Gasteiger partial charge in [0.2, 0.25) is 0 Å². The molecule has 0 bridgehead atoms. The van der Waals surface area contributed by atoms with E-state index in [4.69, 9.17) is 16.3 Å². The molecule has 5 nitrogen and oxygen atoms in total. The third kappa shape index (κ3) is 5.12. The van der Waals surface area contributed by atoms with Gasteiger partial charge in [-0.2, -0.15) is 0 Å². The van der Waals surface area contributed by atoms with Crippen LogP contribution in [0.25, 0.3) is 22.2 Å². The minimum Gasteiger partial charge on any atom is -0.452 e. The number of halogens is 1. The van der Waals surface area contributed by atoms with Gasteiger partial charge in [0.1, 0.15) is 0 Å². The van der Waals surface area contributed by atoms with Crippen molar-refractivity contribution in [2.75, 3.05) is 6.61 Å². The Morgan fingerprint density at radius 1 is 1.07 bits per heavy atom. The maximum absolute atomic E-state index is 12.8. The van der Waals surface area contributed by atoms with Crippen molar-refractivity contribution < 1.29 is 14.3 Å². The molecule has 3 rings (SSSR count). The van der Waals surface area contributed by atoms with Gasteiger partial charge in [0, 0.05) is 22.0 Å². The summed E-state index contributed by atoms with van der Waals surface area (Å²) in [5, 5.41) is 4.12. The molecule has 150 valence electrons.